The molecule has 0 aliphatic carbocycles. The van der Waals surface area contributed by atoms with Crippen LogP contribution in [0.1, 0.15) is 32.8 Å². The summed E-state index contributed by atoms with van der Waals surface area (Å²) in [6.45, 7) is 2.74. The highest BCUT2D eigenvalue weighted by molar-refractivity contribution is 8.09. The number of aliphatic hydroxyl groups is 1. The molecule has 0 radical (unpaired) electrons. The predicted molar refractivity (Wildman–Crippen MR) is 160 cm³/mol. The normalized spacial score (nSPS) is 24.5. The van der Waals surface area contributed by atoms with E-state index in [2.05, 4.69) is 20.0 Å². The van der Waals surface area contributed by atoms with E-state index in [9.17, 15) is 9.90 Å². The number of fused-ring (bicyclic) bond motifs is 1. The molecular formula is C26H35ClFN6O6PS. The average molecular weight is 645 g/mol. The molecule has 3 aromatic rings. The highest BCUT2D eigenvalue weighted by Crippen LogP contribution is 2.49. The number of carbonyl (C=O) groups excluding carboxylic acids is 1. The van der Waals surface area contributed by atoms with Gasteiger partial charge >= 0.3 is 12.6 Å². The van der Waals surface area contributed by atoms with Gasteiger partial charge in [0, 0.05) is 14.1 Å². The number of esters is 1. The fraction of sp³-hybridized carbons (Fsp3) is 0.538. The number of alkyl halides is 2. The number of anilines is 1. The number of hydrogen-bond donors (Lipinski definition) is 2. The summed E-state index contributed by atoms with van der Waals surface area (Å²) in [6, 6.07) is 7.73. The van der Waals surface area contributed by atoms with E-state index in [1.165, 1.54) is 10.9 Å². The Morgan fingerprint density at radius 3 is 2.62 bits per heavy atom. The molecule has 0 saturated carbocycles. The lowest BCUT2D eigenvalue weighted by molar-refractivity contribution is -0.149. The van der Waals surface area contributed by atoms with Gasteiger partial charge in [-0.1, -0.05) is 18.2 Å². The SMILES string of the molecule is Cc1nc(N(C)C)c2ncn([C@@H]3O[C@](CCl)(CO[P@](=S)(N[C@H](C)C(=O)OC(C)C)Oc4ccccc4)[C@@H](O)[C@@H]3F)c2n1. The Hall–Kier alpha value is -2.45. The summed E-state index contributed by atoms with van der Waals surface area (Å²) in [4.78, 5) is 27.6. The van der Waals surface area contributed by atoms with Crippen molar-refractivity contribution in [2.75, 3.05) is 31.5 Å². The minimum atomic E-state index is -3.53. The molecule has 2 N–H and O–H groups in total. The number of carbonyl (C=O) groups is 1. The van der Waals surface area contributed by atoms with Crippen LogP contribution in [-0.4, -0.2) is 87.2 Å². The van der Waals surface area contributed by atoms with E-state index < -0.39 is 49.4 Å². The lowest BCUT2D eigenvalue weighted by Gasteiger charge is -2.33. The molecule has 42 heavy (non-hydrogen) atoms. The van der Waals surface area contributed by atoms with Gasteiger partial charge in [0.15, 0.2) is 29.4 Å². The fourth-order valence-corrected chi connectivity index (χ4v) is 7.07. The quantitative estimate of drug-likeness (QED) is 0.169. The van der Waals surface area contributed by atoms with Crippen molar-refractivity contribution in [2.24, 2.45) is 0 Å². The van der Waals surface area contributed by atoms with Crippen molar-refractivity contribution in [3.05, 3.63) is 42.5 Å². The van der Waals surface area contributed by atoms with E-state index >= 15 is 4.39 Å². The third-order valence-electron chi connectivity index (χ3n) is 6.41. The van der Waals surface area contributed by atoms with Crippen molar-refractivity contribution in [3.8, 4) is 5.75 Å². The molecule has 1 aliphatic heterocycles. The molecule has 2 aromatic heterocycles. The van der Waals surface area contributed by atoms with Crippen LogP contribution in [0.2, 0.25) is 0 Å². The monoisotopic (exact) mass is 644 g/mol. The number of benzene rings is 1. The van der Waals surface area contributed by atoms with Crippen LogP contribution in [0.15, 0.2) is 36.7 Å². The van der Waals surface area contributed by atoms with Gasteiger partial charge in [-0.15, -0.1) is 11.6 Å². The maximum atomic E-state index is 15.8. The highest BCUT2D eigenvalue weighted by Gasteiger charge is 2.57. The minimum absolute atomic E-state index is 0.328. The van der Waals surface area contributed by atoms with Gasteiger partial charge in [-0.25, -0.2) is 24.4 Å². The first-order chi connectivity index (χ1) is 19.8. The molecule has 0 bridgehead atoms. The topological polar surface area (TPSA) is 133 Å². The number of hydrogen-bond acceptors (Lipinski definition) is 11. The Morgan fingerprint density at radius 1 is 1.31 bits per heavy atom. The van der Waals surface area contributed by atoms with Gasteiger partial charge in [0.25, 0.3) is 0 Å². The van der Waals surface area contributed by atoms with Crippen LogP contribution in [0.25, 0.3) is 11.2 Å². The zero-order valence-electron chi connectivity index (χ0n) is 24.1. The van der Waals surface area contributed by atoms with Gasteiger partial charge in [0.1, 0.15) is 29.3 Å². The number of ether oxygens (including phenoxy) is 2. The molecule has 0 amide bonds. The van der Waals surface area contributed by atoms with E-state index in [-0.39, 0.29) is 12.0 Å². The summed E-state index contributed by atoms with van der Waals surface area (Å²) in [5.41, 5.74) is -0.968. The van der Waals surface area contributed by atoms with Crippen LogP contribution in [0.4, 0.5) is 10.2 Å². The van der Waals surface area contributed by atoms with Crippen molar-refractivity contribution in [3.63, 3.8) is 0 Å². The molecule has 0 spiro atoms. The largest absolute Gasteiger partial charge is 0.462 e. The van der Waals surface area contributed by atoms with Gasteiger partial charge in [-0.05, 0) is 51.6 Å². The molecule has 1 fully saturated rings. The van der Waals surface area contributed by atoms with Crippen molar-refractivity contribution in [2.45, 2.75) is 63.9 Å². The Kier molecular flexibility index (Phi) is 10.1. The van der Waals surface area contributed by atoms with Crippen LogP contribution >= 0.6 is 18.2 Å². The summed E-state index contributed by atoms with van der Waals surface area (Å²) >= 11 is 12.1. The fourth-order valence-electron chi connectivity index (χ4n) is 4.33. The molecule has 12 nitrogen and oxygen atoms in total. The number of halogens is 2. The number of nitrogens with zero attached hydrogens (tertiary/aromatic N) is 5. The molecular weight excluding hydrogens is 610 g/mol. The van der Waals surface area contributed by atoms with Crippen molar-refractivity contribution < 1.29 is 32.8 Å². The lowest BCUT2D eigenvalue weighted by atomic mass is 9.99. The second kappa shape index (κ2) is 13.0. The highest BCUT2D eigenvalue weighted by atomic mass is 35.5. The van der Waals surface area contributed by atoms with Crippen LogP contribution < -0.4 is 14.5 Å². The zero-order valence-corrected chi connectivity index (χ0v) is 26.6. The molecule has 4 rings (SSSR count). The summed E-state index contributed by atoms with van der Waals surface area (Å²) < 4.78 is 40.7. The Labute approximate surface area is 253 Å². The van der Waals surface area contributed by atoms with E-state index in [1.807, 2.05) is 14.1 Å². The first-order valence-corrected chi connectivity index (χ1v) is 16.4. The van der Waals surface area contributed by atoms with Crippen LogP contribution in [0, 0.1) is 6.92 Å². The van der Waals surface area contributed by atoms with Crippen molar-refractivity contribution >= 4 is 53.0 Å². The van der Waals surface area contributed by atoms with Crippen LogP contribution in [-0.2, 0) is 30.6 Å². The molecule has 6 atom stereocenters. The summed E-state index contributed by atoms with van der Waals surface area (Å²) in [7, 11) is 3.62. The van der Waals surface area contributed by atoms with E-state index in [0.29, 0.717) is 28.6 Å². The van der Waals surface area contributed by atoms with Crippen molar-refractivity contribution in [1.29, 1.82) is 0 Å². The van der Waals surface area contributed by atoms with E-state index in [4.69, 9.17) is 41.9 Å². The third-order valence-corrected chi connectivity index (χ3v) is 9.34. The molecule has 230 valence electrons. The smallest absolute Gasteiger partial charge is 0.323 e. The number of nitrogens with one attached hydrogen (secondary N) is 1. The number of rotatable bonds is 12. The second-order valence-corrected chi connectivity index (χ2v) is 13.8. The second-order valence-electron chi connectivity index (χ2n) is 10.4. The number of imidazole rings is 1. The van der Waals surface area contributed by atoms with Gasteiger partial charge in [-0.2, -0.15) is 0 Å². The number of para-hydroxylation sites is 1. The molecule has 3 heterocycles. The van der Waals surface area contributed by atoms with Gasteiger partial charge in [0.05, 0.1) is 24.9 Å². The lowest BCUT2D eigenvalue weighted by Crippen LogP contribution is -2.48. The van der Waals surface area contributed by atoms with Gasteiger partial charge < -0.3 is 28.5 Å². The molecule has 1 saturated heterocycles. The predicted octanol–water partition coefficient (Wildman–Crippen LogP) is 3.66. The summed E-state index contributed by atoms with van der Waals surface area (Å²) in [5, 5.41) is 14.0. The average Bonchev–Trinajstić information content (AvgIpc) is 3.45. The number of aromatic nitrogens is 4. The number of aliphatic hydroxyl groups excluding tert-OH is 1. The third kappa shape index (κ3) is 6.85. The van der Waals surface area contributed by atoms with Crippen molar-refractivity contribution in [1.82, 2.24) is 24.6 Å². The minimum Gasteiger partial charge on any atom is -0.462 e. The molecule has 1 aromatic carbocycles. The zero-order chi connectivity index (χ0) is 30.8. The standard InChI is InChI=1S/C26H35ClFN6O6PS/c1-15(2)38-25(36)16(3)32-41(42,40-18-10-8-7-9-11-18)37-13-26(12-27)21(35)19(28)24(39-26)34-14-29-20-22(33(5)6)30-17(4)31-23(20)34/h7-11,14-16,19,21,24,35H,12-13H2,1-6H3,(H,32,42)/t16-,19+,21+,24-,26-,41-/m1/s1. The maximum absolute atomic E-state index is 15.8. The molecule has 1 aliphatic rings. The first-order valence-electron chi connectivity index (χ1n) is 13.2. The first kappa shape index (κ1) is 32.5. The van der Waals surface area contributed by atoms with Crippen LogP contribution in [0.5, 0.6) is 5.75 Å². The van der Waals surface area contributed by atoms with Gasteiger partial charge in [-0.3, -0.25) is 9.36 Å². The molecule has 0 unspecified atom stereocenters. The molecule has 16 heteroatoms. The maximum Gasteiger partial charge on any atom is 0.323 e. The van der Waals surface area contributed by atoms with Crippen LogP contribution in [0.3, 0.4) is 0 Å². The number of aryl methyl sites for hydroxylation is 1. The van der Waals surface area contributed by atoms with E-state index in [0.717, 1.165) is 0 Å². The Bertz CT molecular complexity index is 1450. The summed E-state index contributed by atoms with van der Waals surface area (Å²) in [6.07, 6.45) is -3.94. The Balaban J connectivity index is 1.62. The summed E-state index contributed by atoms with van der Waals surface area (Å²) in [5.74, 6) is 0.466. The van der Waals surface area contributed by atoms with E-state index in [1.54, 1.807) is 62.9 Å². The van der Waals surface area contributed by atoms with Gasteiger partial charge in [0.2, 0.25) is 0 Å². The Morgan fingerprint density at radius 2 is 2.00 bits per heavy atom.